The minimum atomic E-state index is -0.174. The van der Waals surface area contributed by atoms with E-state index in [1.807, 2.05) is 19.1 Å². The number of halogens is 1. The van der Waals surface area contributed by atoms with E-state index in [0.717, 1.165) is 17.7 Å². The summed E-state index contributed by atoms with van der Waals surface area (Å²) in [7, 11) is 1.62. The van der Waals surface area contributed by atoms with Gasteiger partial charge in [-0.2, -0.15) is 0 Å². The van der Waals surface area contributed by atoms with E-state index in [1.54, 1.807) is 17.7 Å². The van der Waals surface area contributed by atoms with E-state index in [9.17, 15) is 4.79 Å². The molecule has 0 aliphatic carbocycles. The van der Waals surface area contributed by atoms with Gasteiger partial charge in [0, 0.05) is 22.9 Å². The first-order chi connectivity index (χ1) is 9.65. The summed E-state index contributed by atoms with van der Waals surface area (Å²) in [6.07, 6.45) is 0.882. The average Bonchev–Trinajstić information content (AvgIpc) is 2.78. The van der Waals surface area contributed by atoms with Crippen LogP contribution in [0.4, 0.5) is 0 Å². The van der Waals surface area contributed by atoms with Crippen molar-refractivity contribution in [1.82, 2.24) is 14.8 Å². The molecule has 1 N–H and O–H groups in total. The predicted octanol–water partition coefficient (Wildman–Crippen LogP) is 2.94. The Morgan fingerprint density at radius 1 is 1.50 bits per heavy atom. The molecule has 2 aromatic rings. The normalized spacial score (nSPS) is 10.8. The molecule has 7 heteroatoms. The SMILES string of the molecule is CCCn1c(SCc2cc(Cl)ccc2OC)n[nH]c1=O. The van der Waals surface area contributed by atoms with Gasteiger partial charge in [-0.25, -0.2) is 9.89 Å². The summed E-state index contributed by atoms with van der Waals surface area (Å²) >= 11 is 7.48. The molecule has 0 atom stereocenters. The predicted molar refractivity (Wildman–Crippen MR) is 80.7 cm³/mol. The number of methoxy groups -OCH3 is 1. The Hall–Kier alpha value is -1.40. The van der Waals surface area contributed by atoms with Crippen LogP contribution < -0.4 is 10.4 Å². The summed E-state index contributed by atoms with van der Waals surface area (Å²) in [4.78, 5) is 11.6. The van der Waals surface area contributed by atoms with Crippen LogP contribution in [0.15, 0.2) is 28.2 Å². The van der Waals surface area contributed by atoms with Crippen LogP contribution in [0.5, 0.6) is 5.75 Å². The molecule has 5 nitrogen and oxygen atoms in total. The number of ether oxygens (including phenoxy) is 1. The zero-order valence-electron chi connectivity index (χ0n) is 11.4. The Kier molecular flexibility index (Phi) is 5.14. The first-order valence-corrected chi connectivity index (χ1v) is 7.62. The molecule has 20 heavy (non-hydrogen) atoms. The fourth-order valence-corrected chi connectivity index (χ4v) is 2.98. The van der Waals surface area contributed by atoms with Crippen molar-refractivity contribution in [3.63, 3.8) is 0 Å². The maximum absolute atomic E-state index is 11.6. The van der Waals surface area contributed by atoms with E-state index in [4.69, 9.17) is 16.3 Å². The fraction of sp³-hybridized carbons (Fsp3) is 0.385. The van der Waals surface area contributed by atoms with Crippen LogP contribution in [0, 0.1) is 0 Å². The Labute approximate surface area is 126 Å². The van der Waals surface area contributed by atoms with Crippen LogP contribution in [-0.2, 0) is 12.3 Å². The monoisotopic (exact) mass is 313 g/mol. The number of aromatic amines is 1. The molecule has 0 saturated carbocycles. The fourth-order valence-electron chi connectivity index (χ4n) is 1.84. The second-order valence-corrected chi connectivity index (χ2v) is 5.59. The Bertz CT molecular complexity index is 639. The summed E-state index contributed by atoms with van der Waals surface area (Å²) in [5, 5.41) is 7.86. The summed E-state index contributed by atoms with van der Waals surface area (Å²) in [6.45, 7) is 2.68. The minimum Gasteiger partial charge on any atom is -0.496 e. The largest absolute Gasteiger partial charge is 0.496 e. The van der Waals surface area contributed by atoms with Crippen LogP contribution in [0.3, 0.4) is 0 Å². The molecule has 108 valence electrons. The van der Waals surface area contributed by atoms with Crippen LogP contribution >= 0.6 is 23.4 Å². The van der Waals surface area contributed by atoms with Gasteiger partial charge < -0.3 is 4.74 Å². The van der Waals surface area contributed by atoms with Crippen molar-refractivity contribution in [2.45, 2.75) is 30.8 Å². The molecule has 0 aliphatic heterocycles. The average molecular weight is 314 g/mol. The van der Waals surface area contributed by atoms with Gasteiger partial charge >= 0.3 is 5.69 Å². The zero-order valence-corrected chi connectivity index (χ0v) is 12.9. The molecule has 0 spiro atoms. The first kappa shape index (κ1) is 15.0. The molecule has 1 aromatic heterocycles. The molecule has 1 heterocycles. The zero-order chi connectivity index (χ0) is 14.5. The second kappa shape index (κ2) is 6.85. The Morgan fingerprint density at radius 3 is 3.00 bits per heavy atom. The van der Waals surface area contributed by atoms with E-state index in [-0.39, 0.29) is 5.69 Å². The van der Waals surface area contributed by atoms with Crippen LogP contribution in [0.1, 0.15) is 18.9 Å². The van der Waals surface area contributed by atoms with E-state index in [2.05, 4.69) is 10.2 Å². The summed E-state index contributed by atoms with van der Waals surface area (Å²) in [5.74, 6) is 1.42. The number of rotatable bonds is 6. The number of benzene rings is 1. The Balaban J connectivity index is 2.16. The highest BCUT2D eigenvalue weighted by molar-refractivity contribution is 7.98. The number of hydrogen-bond acceptors (Lipinski definition) is 4. The quantitative estimate of drug-likeness (QED) is 0.833. The molecule has 0 saturated heterocycles. The van der Waals surface area contributed by atoms with E-state index < -0.39 is 0 Å². The molecular formula is C13H16ClN3O2S. The second-order valence-electron chi connectivity index (χ2n) is 4.21. The summed E-state index contributed by atoms with van der Waals surface area (Å²) in [6, 6.07) is 5.49. The van der Waals surface area contributed by atoms with Crippen molar-refractivity contribution in [1.29, 1.82) is 0 Å². The number of aromatic nitrogens is 3. The van der Waals surface area contributed by atoms with Crippen molar-refractivity contribution in [3.8, 4) is 5.75 Å². The lowest BCUT2D eigenvalue weighted by Gasteiger charge is -2.08. The molecule has 2 rings (SSSR count). The molecule has 0 amide bonds. The van der Waals surface area contributed by atoms with Crippen LogP contribution in [-0.4, -0.2) is 21.9 Å². The molecular weight excluding hydrogens is 298 g/mol. The first-order valence-electron chi connectivity index (χ1n) is 6.26. The number of hydrogen-bond donors (Lipinski definition) is 1. The van der Waals surface area contributed by atoms with Gasteiger partial charge in [0.05, 0.1) is 7.11 Å². The Morgan fingerprint density at radius 2 is 2.30 bits per heavy atom. The molecule has 0 bridgehead atoms. The lowest BCUT2D eigenvalue weighted by molar-refractivity contribution is 0.411. The third-order valence-electron chi connectivity index (χ3n) is 2.77. The standard InChI is InChI=1S/C13H16ClN3O2S/c1-3-6-17-12(18)15-16-13(17)20-8-9-7-10(14)4-5-11(9)19-2/h4-5,7H,3,6,8H2,1-2H3,(H,15,18). The van der Waals surface area contributed by atoms with Gasteiger partial charge in [-0.15, -0.1) is 5.10 Å². The molecule has 0 fully saturated rings. The topological polar surface area (TPSA) is 59.9 Å². The maximum Gasteiger partial charge on any atom is 0.343 e. The number of nitrogens with one attached hydrogen (secondary N) is 1. The third kappa shape index (κ3) is 3.37. The highest BCUT2D eigenvalue weighted by atomic mass is 35.5. The third-order valence-corrected chi connectivity index (χ3v) is 4.03. The minimum absolute atomic E-state index is 0.174. The number of H-pyrrole nitrogens is 1. The van der Waals surface area contributed by atoms with E-state index in [1.165, 1.54) is 11.8 Å². The van der Waals surface area contributed by atoms with E-state index >= 15 is 0 Å². The van der Waals surface area contributed by atoms with Gasteiger partial charge in [-0.3, -0.25) is 4.57 Å². The van der Waals surface area contributed by atoms with Crippen molar-refractivity contribution in [2.24, 2.45) is 0 Å². The van der Waals surface area contributed by atoms with Gasteiger partial charge in [0.1, 0.15) is 5.75 Å². The van der Waals surface area contributed by atoms with Gasteiger partial charge in [-0.1, -0.05) is 30.3 Å². The summed E-state index contributed by atoms with van der Waals surface area (Å²) < 4.78 is 6.94. The van der Waals surface area contributed by atoms with Gasteiger partial charge in [0.25, 0.3) is 0 Å². The van der Waals surface area contributed by atoms with Gasteiger partial charge in [0.15, 0.2) is 5.16 Å². The lowest BCUT2D eigenvalue weighted by atomic mass is 10.2. The molecule has 0 aliphatic rings. The van der Waals surface area contributed by atoms with Crippen LogP contribution in [0.25, 0.3) is 0 Å². The highest BCUT2D eigenvalue weighted by Gasteiger charge is 2.10. The smallest absolute Gasteiger partial charge is 0.343 e. The van der Waals surface area contributed by atoms with E-state index in [0.29, 0.717) is 22.5 Å². The number of thioether (sulfide) groups is 1. The maximum atomic E-state index is 11.6. The molecule has 0 unspecified atom stereocenters. The van der Waals surface area contributed by atoms with Crippen molar-refractivity contribution in [2.75, 3.05) is 7.11 Å². The lowest BCUT2D eigenvalue weighted by Crippen LogP contribution is -2.17. The van der Waals surface area contributed by atoms with Crippen molar-refractivity contribution >= 4 is 23.4 Å². The molecule has 1 aromatic carbocycles. The number of nitrogens with zero attached hydrogens (tertiary/aromatic N) is 2. The van der Waals surface area contributed by atoms with Crippen molar-refractivity contribution < 1.29 is 4.74 Å². The van der Waals surface area contributed by atoms with Gasteiger partial charge in [0.2, 0.25) is 0 Å². The summed E-state index contributed by atoms with van der Waals surface area (Å²) in [5.41, 5.74) is 0.802. The van der Waals surface area contributed by atoms with Gasteiger partial charge in [-0.05, 0) is 24.6 Å². The molecule has 0 radical (unpaired) electrons. The highest BCUT2D eigenvalue weighted by Crippen LogP contribution is 2.28. The van der Waals surface area contributed by atoms with Crippen LogP contribution in [0.2, 0.25) is 5.02 Å². The van der Waals surface area contributed by atoms with Crippen molar-refractivity contribution in [3.05, 3.63) is 39.3 Å².